The van der Waals surface area contributed by atoms with Crippen LogP contribution in [-0.2, 0) is 27.4 Å². The lowest BCUT2D eigenvalue weighted by Gasteiger charge is -2.31. The molecule has 0 spiro atoms. The van der Waals surface area contributed by atoms with Gasteiger partial charge in [-0.2, -0.15) is 0 Å². The first kappa shape index (κ1) is 16.1. The molecule has 1 amide bonds. The van der Waals surface area contributed by atoms with Crippen molar-refractivity contribution in [2.75, 3.05) is 18.6 Å². The molecule has 24 heavy (non-hydrogen) atoms. The molecule has 2 aromatic carbocycles. The summed E-state index contributed by atoms with van der Waals surface area (Å²) < 4.78 is 10.6. The number of ether oxygens (including phenoxy) is 2. The largest absolute Gasteiger partial charge is 0.496 e. The van der Waals surface area contributed by atoms with E-state index >= 15 is 0 Å². The number of carbonyl (C=O) groups excluding carboxylic acids is 2. The second-order valence-electron chi connectivity index (χ2n) is 5.61. The molecule has 0 unspecified atom stereocenters. The number of nitrogens with zero attached hydrogens (tertiary/aromatic N) is 1. The maximum atomic E-state index is 12.1. The Kier molecular flexibility index (Phi) is 4.79. The summed E-state index contributed by atoms with van der Waals surface area (Å²) in [5.74, 6) is 0.380. The van der Waals surface area contributed by atoms with Crippen LogP contribution < -0.4 is 9.64 Å². The van der Waals surface area contributed by atoms with E-state index < -0.39 is 0 Å². The van der Waals surface area contributed by atoms with Gasteiger partial charge < -0.3 is 14.4 Å². The number of hydrogen-bond acceptors (Lipinski definition) is 4. The Morgan fingerprint density at radius 3 is 2.58 bits per heavy atom. The molecule has 0 aliphatic carbocycles. The van der Waals surface area contributed by atoms with Crippen LogP contribution in [0.25, 0.3) is 0 Å². The Balaban J connectivity index is 1.67. The number of anilines is 1. The smallest absolute Gasteiger partial charge is 0.310 e. The maximum Gasteiger partial charge on any atom is 0.310 e. The van der Waals surface area contributed by atoms with Crippen LogP contribution in [0.2, 0.25) is 0 Å². The highest BCUT2D eigenvalue weighted by atomic mass is 16.5. The molecular weight excluding hydrogens is 306 g/mol. The Hall–Kier alpha value is -2.82. The van der Waals surface area contributed by atoms with Crippen LogP contribution in [0, 0.1) is 0 Å². The molecule has 0 aromatic heterocycles. The molecule has 1 fully saturated rings. The first-order valence-corrected chi connectivity index (χ1v) is 7.84. The van der Waals surface area contributed by atoms with Crippen molar-refractivity contribution < 1.29 is 19.1 Å². The molecule has 1 aliphatic rings. The zero-order valence-corrected chi connectivity index (χ0v) is 13.5. The van der Waals surface area contributed by atoms with E-state index in [4.69, 9.17) is 9.47 Å². The van der Waals surface area contributed by atoms with Crippen molar-refractivity contribution in [3.63, 3.8) is 0 Å². The molecule has 3 rings (SSSR count). The molecule has 1 heterocycles. The van der Waals surface area contributed by atoms with Crippen molar-refractivity contribution in [3.05, 3.63) is 59.7 Å². The van der Waals surface area contributed by atoms with Gasteiger partial charge in [0.25, 0.3) is 0 Å². The third-order valence-corrected chi connectivity index (χ3v) is 4.00. The summed E-state index contributed by atoms with van der Waals surface area (Å²) in [6, 6.07) is 15.0. The molecule has 0 atom stereocenters. The van der Waals surface area contributed by atoms with Crippen LogP contribution in [0.1, 0.15) is 17.5 Å². The molecule has 0 saturated carbocycles. The average molecular weight is 325 g/mol. The SMILES string of the molecule is COc1ccc(N2CCC2=O)cc1CC(=O)OCc1ccccc1. The number of β-lactam (4-membered cyclic amide) rings is 1. The second kappa shape index (κ2) is 7.17. The number of carbonyl (C=O) groups is 2. The summed E-state index contributed by atoms with van der Waals surface area (Å²) in [5.41, 5.74) is 2.45. The van der Waals surface area contributed by atoms with Gasteiger partial charge in [-0.25, -0.2) is 0 Å². The quantitative estimate of drug-likeness (QED) is 0.605. The molecule has 5 heteroatoms. The van der Waals surface area contributed by atoms with Gasteiger partial charge in [-0.05, 0) is 23.8 Å². The topological polar surface area (TPSA) is 55.8 Å². The highest BCUT2D eigenvalue weighted by Gasteiger charge is 2.26. The van der Waals surface area contributed by atoms with Crippen LogP contribution in [-0.4, -0.2) is 25.5 Å². The van der Waals surface area contributed by atoms with Crippen molar-refractivity contribution in [3.8, 4) is 5.75 Å². The number of benzene rings is 2. The van der Waals surface area contributed by atoms with E-state index in [2.05, 4.69) is 0 Å². The zero-order chi connectivity index (χ0) is 16.9. The van der Waals surface area contributed by atoms with Crippen molar-refractivity contribution in [2.45, 2.75) is 19.4 Å². The lowest BCUT2D eigenvalue weighted by Crippen LogP contribution is -2.43. The predicted molar refractivity (Wildman–Crippen MR) is 89.9 cm³/mol. The van der Waals surface area contributed by atoms with Crippen molar-refractivity contribution in [1.29, 1.82) is 0 Å². The summed E-state index contributed by atoms with van der Waals surface area (Å²) >= 11 is 0. The van der Waals surface area contributed by atoms with Crippen molar-refractivity contribution >= 4 is 17.6 Å². The highest BCUT2D eigenvalue weighted by Crippen LogP contribution is 2.28. The number of methoxy groups -OCH3 is 1. The molecule has 2 aromatic rings. The van der Waals surface area contributed by atoms with E-state index in [1.165, 1.54) is 0 Å². The van der Waals surface area contributed by atoms with E-state index in [1.807, 2.05) is 42.5 Å². The minimum Gasteiger partial charge on any atom is -0.496 e. The number of hydrogen-bond donors (Lipinski definition) is 0. The van der Waals surface area contributed by atoms with Gasteiger partial charge in [-0.1, -0.05) is 30.3 Å². The molecule has 0 N–H and O–H groups in total. The van der Waals surface area contributed by atoms with Crippen LogP contribution >= 0.6 is 0 Å². The summed E-state index contributed by atoms with van der Waals surface area (Å²) in [7, 11) is 1.56. The summed E-state index contributed by atoms with van der Waals surface area (Å²) in [5, 5.41) is 0. The molecule has 124 valence electrons. The Bertz CT molecular complexity index is 742. The lowest BCUT2D eigenvalue weighted by atomic mass is 10.1. The second-order valence-corrected chi connectivity index (χ2v) is 5.61. The molecule has 1 saturated heterocycles. The number of rotatable bonds is 6. The van der Waals surface area contributed by atoms with Crippen LogP contribution in [0.4, 0.5) is 5.69 Å². The van der Waals surface area contributed by atoms with Crippen LogP contribution in [0.5, 0.6) is 5.75 Å². The third-order valence-electron chi connectivity index (χ3n) is 4.00. The number of esters is 1. The average Bonchev–Trinajstić information content (AvgIpc) is 2.60. The van der Waals surface area contributed by atoms with Gasteiger partial charge in [-0.3, -0.25) is 9.59 Å². The van der Waals surface area contributed by atoms with Crippen molar-refractivity contribution in [2.24, 2.45) is 0 Å². The fourth-order valence-electron chi connectivity index (χ4n) is 2.60. The minimum absolute atomic E-state index is 0.0952. The summed E-state index contributed by atoms with van der Waals surface area (Å²) in [6.07, 6.45) is 0.673. The monoisotopic (exact) mass is 325 g/mol. The molecular formula is C19H19NO4. The van der Waals surface area contributed by atoms with E-state index in [-0.39, 0.29) is 24.9 Å². The zero-order valence-electron chi connectivity index (χ0n) is 13.5. The highest BCUT2D eigenvalue weighted by molar-refractivity contribution is 5.99. The van der Waals surface area contributed by atoms with Gasteiger partial charge in [-0.15, -0.1) is 0 Å². The van der Waals surface area contributed by atoms with Gasteiger partial charge in [0.15, 0.2) is 0 Å². The molecule has 0 bridgehead atoms. The van der Waals surface area contributed by atoms with E-state index in [9.17, 15) is 9.59 Å². The van der Waals surface area contributed by atoms with Gasteiger partial charge in [0.05, 0.1) is 13.5 Å². The number of amides is 1. The standard InChI is InChI=1S/C19H19NO4/c1-23-17-8-7-16(20-10-9-18(20)21)11-15(17)12-19(22)24-13-14-5-3-2-4-6-14/h2-8,11H,9-10,12-13H2,1H3. The minimum atomic E-state index is -0.329. The third kappa shape index (κ3) is 3.56. The normalized spacial score (nSPS) is 13.4. The van der Waals surface area contributed by atoms with Gasteiger partial charge in [0.1, 0.15) is 12.4 Å². The van der Waals surface area contributed by atoms with E-state index in [0.29, 0.717) is 24.3 Å². The van der Waals surface area contributed by atoms with Crippen LogP contribution in [0.3, 0.4) is 0 Å². The first-order chi connectivity index (χ1) is 11.7. The predicted octanol–water partition coefficient (Wildman–Crippen LogP) is 2.72. The van der Waals surface area contributed by atoms with E-state index in [1.54, 1.807) is 18.1 Å². The van der Waals surface area contributed by atoms with Gasteiger partial charge >= 0.3 is 5.97 Å². The van der Waals surface area contributed by atoms with Crippen molar-refractivity contribution in [1.82, 2.24) is 0 Å². The summed E-state index contributed by atoms with van der Waals surface area (Å²) in [6.45, 7) is 0.954. The molecule has 0 radical (unpaired) electrons. The van der Waals surface area contributed by atoms with Gasteiger partial charge in [0.2, 0.25) is 5.91 Å². The van der Waals surface area contributed by atoms with E-state index in [0.717, 1.165) is 11.3 Å². The summed E-state index contributed by atoms with van der Waals surface area (Å²) in [4.78, 5) is 25.4. The Morgan fingerprint density at radius 2 is 1.96 bits per heavy atom. The van der Waals surface area contributed by atoms with Crippen LogP contribution in [0.15, 0.2) is 48.5 Å². The first-order valence-electron chi connectivity index (χ1n) is 7.84. The Labute approximate surface area is 140 Å². The fraction of sp³-hybridized carbons (Fsp3) is 0.263. The lowest BCUT2D eigenvalue weighted by molar-refractivity contribution is -0.144. The maximum absolute atomic E-state index is 12.1. The van der Waals surface area contributed by atoms with Gasteiger partial charge in [0, 0.05) is 24.2 Å². The Morgan fingerprint density at radius 1 is 1.17 bits per heavy atom. The molecule has 1 aliphatic heterocycles. The molecule has 5 nitrogen and oxygen atoms in total. The fourth-order valence-corrected chi connectivity index (χ4v) is 2.60.